The minimum absolute atomic E-state index is 0.181. The number of carboxylic acids is 1. The van der Waals surface area contributed by atoms with Crippen LogP contribution in [-0.4, -0.2) is 37.1 Å². The van der Waals surface area contributed by atoms with Crippen molar-refractivity contribution in [3.8, 4) is 0 Å². The Kier molecular flexibility index (Phi) is 10.2. The van der Waals surface area contributed by atoms with Gasteiger partial charge >= 0.3 is 0 Å². The predicted octanol–water partition coefficient (Wildman–Crippen LogP) is 1.03. The van der Waals surface area contributed by atoms with Crippen molar-refractivity contribution in [2.75, 3.05) is 26.7 Å². The number of carbonyl (C=O) groups excluding carboxylic acids is 1. The highest BCUT2D eigenvalue weighted by Gasteiger charge is 2.10. The van der Waals surface area contributed by atoms with Crippen LogP contribution in [0.1, 0.15) is 40.5 Å². The number of carboxylic acid groups (broad SMARTS) is 1. The molecule has 0 unspecified atom stereocenters. The molecule has 0 bridgehead atoms. The van der Waals surface area contributed by atoms with E-state index in [1.54, 1.807) is 6.92 Å². The van der Waals surface area contributed by atoms with Gasteiger partial charge in [0.15, 0.2) is 0 Å². The highest BCUT2D eigenvalue weighted by Crippen LogP contribution is 1.97. The average molecular weight is 203 g/mol. The molecular weight excluding hydrogens is 178 g/mol. The minimum Gasteiger partial charge on any atom is -0.550 e. The van der Waals surface area contributed by atoms with Gasteiger partial charge in [-0.1, -0.05) is 13.3 Å². The first-order chi connectivity index (χ1) is 6.45. The molecule has 0 amide bonds. The summed E-state index contributed by atoms with van der Waals surface area (Å²) in [5, 5.41) is 9.49. The number of hydrogen-bond donors (Lipinski definition) is 0. The predicted molar refractivity (Wildman–Crippen MR) is 57.7 cm³/mol. The maximum atomic E-state index is 9.49. The molecule has 0 aromatic heterocycles. The molecule has 3 heteroatoms. The van der Waals surface area contributed by atoms with E-state index in [0.717, 1.165) is 0 Å². The Balaban J connectivity index is 0. The van der Waals surface area contributed by atoms with Gasteiger partial charge in [0.05, 0.1) is 26.7 Å². The van der Waals surface area contributed by atoms with Gasteiger partial charge in [0.1, 0.15) is 0 Å². The molecule has 0 atom stereocenters. The second-order valence-electron chi connectivity index (χ2n) is 3.69. The zero-order valence-corrected chi connectivity index (χ0v) is 10.3. The molecule has 0 N–H and O–H groups in total. The number of nitrogens with zero attached hydrogens (tertiary/aromatic N) is 1. The molecule has 86 valence electrons. The van der Waals surface area contributed by atoms with Crippen molar-refractivity contribution >= 4 is 5.97 Å². The Bertz CT molecular complexity index is 134. The highest BCUT2D eigenvalue weighted by molar-refractivity contribution is 5.63. The van der Waals surface area contributed by atoms with E-state index in [1.165, 1.54) is 24.1 Å². The first-order valence-electron chi connectivity index (χ1n) is 5.49. The second kappa shape index (κ2) is 9.00. The standard InChI is InChI=1S/C7H18N.C4H8O2/c1-5-8(4,6-2)7-3;1-2-3-4(5)6/h5-7H2,1-4H3;2-3H2,1H3,(H,5,6)/q+1;/p-1. The van der Waals surface area contributed by atoms with Crippen molar-refractivity contribution < 1.29 is 14.4 Å². The van der Waals surface area contributed by atoms with Crippen LogP contribution in [0.5, 0.6) is 0 Å². The molecule has 0 fully saturated rings. The van der Waals surface area contributed by atoms with Gasteiger partial charge in [-0.2, -0.15) is 0 Å². The molecule has 0 aliphatic carbocycles. The Morgan fingerprint density at radius 3 is 1.43 bits per heavy atom. The number of hydrogen-bond acceptors (Lipinski definition) is 2. The molecule has 0 radical (unpaired) electrons. The third-order valence-electron chi connectivity index (χ3n) is 2.74. The zero-order valence-electron chi connectivity index (χ0n) is 10.3. The highest BCUT2D eigenvalue weighted by atomic mass is 16.4. The Hall–Kier alpha value is -0.570. The molecule has 14 heavy (non-hydrogen) atoms. The minimum atomic E-state index is -0.961. The number of aliphatic carboxylic acids is 1. The Labute approximate surface area is 88.3 Å². The molecule has 0 saturated carbocycles. The molecule has 3 nitrogen and oxygen atoms in total. The molecular formula is C11H25NO2. The molecule has 0 aliphatic heterocycles. The van der Waals surface area contributed by atoms with E-state index in [2.05, 4.69) is 27.8 Å². The average Bonchev–Trinajstić information content (AvgIpc) is 2.17. The van der Waals surface area contributed by atoms with E-state index >= 15 is 0 Å². The van der Waals surface area contributed by atoms with Crippen LogP contribution >= 0.6 is 0 Å². The molecule has 0 rings (SSSR count). The Morgan fingerprint density at radius 1 is 1.07 bits per heavy atom. The first kappa shape index (κ1) is 15.9. The van der Waals surface area contributed by atoms with Crippen molar-refractivity contribution in [1.82, 2.24) is 0 Å². The lowest BCUT2D eigenvalue weighted by molar-refractivity contribution is -0.904. The second-order valence-corrected chi connectivity index (χ2v) is 3.69. The fourth-order valence-corrected chi connectivity index (χ4v) is 0.875. The molecule has 0 spiro atoms. The first-order valence-corrected chi connectivity index (χ1v) is 5.49. The third-order valence-corrected chi connectivity index (χ3v) is 2.74. The van der Waals surface area contributed by atoms with Crippen LogP contribution in [0.2, 0.25) is 0 Å². The molecule has 0 aliphatic rings. The Morgan fingerprint density at radius 2 is 1.43 bits per heavy atom. The van der Waals surface area contributed by atoms with E-state index in [0.29, 0.717) is 6.42 Å². The van der Waals surface area contributed by atoms with Gasteiger partial charge < -0.3 is 14.4 Å². The van der Waals surface area contributed by atoms with E-state index in [4.69, 9.17) is 0 Å². The van der Waals surface area contributed by atoms with E-state index in [-0.39, 0.29) is 6.42 Å². The quantitative estimate of drug-likeness (QED) is 0.626. The summed E-state index contributed by atoms with van der Waals surface area (Å²) in [6.07, 6.45) is 0.850. The number of quaternary nitrogens is 1. The van der Waals surface area contributed by atoms with Crippen LogP contribution in [0.4, 0.5) is 0 Å². The van der Waals surface area contributed by atoms with Crippen molar-refractivity contribution in [3.63, 3.8) is 0 Å². The summed E-state index contributed by atoms with van der Waals surface area (Å²) in [5.74, 6) is -0.961. The number of carbonyl (C=O) groups is 1. The maximum absolute atomic E-state index is 9.49. The maximum Gasteiger partial charge on any atom is 0.0755 e. The van der Waals surface area contributed by atoms with E-state index in [1.807, 2.05) is 0 Å². The summed E-state index contributed by atoms with van der Waals surface area (Å²) in [6, 6.07) is 0. The monoisotopic (exact) mass is 203 g/mol. The van der Waals surface area contributed by atoms with E-state index in [9.17, 15) is 9.90 Å². The van der Waals surface area contributed by atoms with Crippen LogP contribution < -0.4 is 5.11 Å². The van der Waals surface area contributed by atoms with Crippen LogP contribution in [0.15, 0.2) is 0 Å². The lowest BCUT2D eigenvalue weighted by Crippen LogP contribution is -2.42. The SMILES string of the molecule is CCCC(=O)[O-].CC[N+](C)(CC)CC. The summed E-state index contributed by atoms with van der Waals surface area (Å²) in [6.45, 7) is 12.3. The van der Waals surface area contributed by atoms with E-state index < -0.39 is 5.97 Å². The van der Waals surface area contributed by atoms with Gasteiger partial charge in [-0.25, -0.2) is 0 Å². The van der Waals surface area contributed by atoms with Crippen molar-refractivity contribution in [2.45, 2.75) is 40.5 Å². The van der Waals surface area contributed by atoms with Crippen molar-refractivity contribution in [3.05, 3.63) is 0 Å². The van der Waals surface area contributed by atoms with Crippen LogP contribution in [-0.2, 0) is 4.79 Å². The fourth-order valence-electron chi connectivity index (χ4n) is 0.875. The topological polar surface area (TPSA) is 40.1 Å². The summed E-state index contributed by atoms with van der Waals surface area (Å²) in [5.41, 5.74) is 0. The molecule has 0 aromatic carbocycles. The largest absolute Gasteiger partial charge is 0.550 e. The van der Waals surface area contributed by atoms with Crippen LogP contribution in [0, 0.1) is 0 Å². The lowest BCUT2D eigenvalue weighted by atomic mass is 10.4. The summed E-state index contributed by atoms with van der Waals surface area (Å²) >= 11 is 0. The molecule has 0 saturated heterocycles. The van der Waals surface area contributed by atoms with Crippen molar-refractivity contribution in [2.24, 2.45) is 0 Å². The zero-order chi connectivity index (χ0) is 11.6. The third kappa shape index (κ3) is 9.52. The van der Waals surface area contributed by atoms with Gasteiger partial charge in [0.25, 0.3) is 0 Å². The number of rotatable bonds is 5. The van der Waals surface area contributed by atoms with Gasteiger partial charge in [-0.05, 0) is 27.2 Å². The summed E-state index contributed by atoms with van der Waals surface area (Å²) in [7, 11) is 2.29. The van der Waals surface area contributed by atoms with Gasteiger partial charge in [-0.3, -0.25) is 0 Å². The summed E-state index contributed by atoms with van der Waals surface area (Å²) < 4.78 is 1.21. The summed E-state index contributed by atoms with van der Waals surface area (Å²) in [4.78, 5) is 9.49. The van der Waals surface area contributed by atoms with Gasteiger partial charge in [0, 0.05) is 5.97 Å². The fraction of sp³-hybridized carbons (Fsp3) is 0.909. The normalized spacial score (nSPS) is 10.4. The van der Waals surface area contributed by atoms with Gasteiger partial charge in [0.2, 0.25) is 0 Å². The van der Waals surface area contributed by atoms with Crippen molar-refractivity contribution in [1.29, 1.82) is 0 Å². The smallest absolute Gasteiger partial charge is 0.0755 e. The lowest BCUT2D eigenvalue weighted by Gasteiger charge is -2.30. The van der Waals surface area contributed by atoms with Crippen LogP contribution in [0.25, 0.3) is 0 Å². The van der Waals surface area contributed by atoms with Gasteiger partial charge in [-0.15, -0.1) is 0 Å². The molecule has 0 heterocycles. The van der Waals surface area contributed by atoms with Crippen LogP contribution in [0.3, 0.4) is 0 Å². The molecule has 0 aromatic rings.